The van der Waals surface area contributed by atoms with Crippen molar-refractivity contribution in [1.29, 1.82) is 0 Å². The molecule has 0 atom stereocenters. The van der Waals surface area contributed by atoms with Gasteiger partial charge >= 0.3 is 0 Å². The Labute approximate surface area is 313 Å². The van der Waals surface area contributed by atoms with E-state index >= 15 is 0 Å². The molecule has 1 heterocycles. The van der Waals surface area contributed by atoms with E-state index in [4.69, 9.17) is 0 Å². The Morgan fingerprint density at radius 1 is 0.434 bits per heavy atom. The lowest BCUT2D eigenvalue weighted by molar-refractivity contribution is 0.660. The largest absolute Gasteiger partial charge is 0.310 e. The highest BCUT2D eigenvalue weighted by Crippen LogP contribution is 2.54. The van der Waals surface area contributed by atoms with Crippen LogP contribution in [0.4, 0.5) is 17.1 Å². The number of rotatable bonds is 4. The van der Waals surface area contributed by atoms with Crippen LogP contribution in [0, 0.1) is 0 Å². The molecule has 9 aromatic carbocycles. The Bertz CT molecular complexity index is 3090. The highest BCUT2D eigenvalue weighted by molar-refractivity contribution is 7.25. The maximum atomic E-state index is 2.48. The zero-order chi connectivity index (χ0) is 35.3. The standard InChI is InChI=1S/C51H35NS/c1-51(2)44-17-7-5-15-42(44)50-45(51)18-10-19-46(50)52(36-27-30-48-43(31-36)40-14-6-8-20-47(40)53-48)35-25-21-33(22-26-35)38-16-9-12-34-24-28-39-37-13-4-3-11-32(37)23-29-41(39)49(34)38/h3-31H,1-2H3. The van der Waals surface area contributed by atoms with Gasteiger partial charge in [-0.05, 0) is 103 Å². The number of hydrogen-bond donors (Lipinski definition) is 0. The normalized spacial score (nSPS) is 13.2. The molecule has 0 saturated carbocycles. The minimum atomic E-state index is -0.0898. The summed E-state index contributed by atoms with van der Waals surface area (Å²) in [6.45, 7) is 4.72. The summed E-state index contributed by atoms with van der Waals surface area (Å²) in [7, 11) is 0. The third-order valence-corrected chi connectivity index (χ3v) is 12.8. The first-order chi connectivity index (χ1) is 26.0. The van der Waals surface area contributed by atoms with Gasteiger partial charge in [0.15, 0.2) is 0 Å². The second kappa shape index (κ2) is 11.4. The molecule has 2 heteroatoms. The van der Waals surface area contributed by atoms with E-state index in [1.165, 1.54) is 91.6 Å². The third kappa shape index (κ3) is 4.49. The first-order valence-electron chi connectivity index (χ1n) is 18.4. The number of nitrogens with zero attached hydrogens (tertiary/aromatic N) is 1. The van der Waals surface area contributed by atoms with Crippen molar-refractivity contribution in [2.75, 3.05) is 4.90 Å². The van der Waals surface area contributed by atoms with Crippen LogP contribution in [0.1, 0.15) is 25.0 Å². The molecule has 10 aromatic rings. The molecule has 0 aliphatic heterocycles. The van der Waals surface area contributed by atoms with Gasteiger partial charge in [-0.1, -0.05) is 147 Å². The molecule has 0 N–H and O–H groups in total. The summed E-state index contributed by atoms with van der Waals surface area (Å²) >= 11 is 1.87. The first kappa shape index (κ1) is 30.4. The van der Waals surface area contributed by atoms with Gasteiger partial charge in [0.1, 0.15) is 0 Å². The van der Waals surface area contributed by atoms with Crippen molar-refractivity contribution in [1.82, 2.24) is 0 Å². The second-order valence-corrected chi connectivity index (χ2v) is 16.0. The van der Waals surface area contributed by atoms with Gasteiger partial charge in [-0.2, -0.15) is 0 Å². The molecule has 1 aliphatic carbocycles. The van der Waals surface area contributed by atoms with Gasteiger partial charge in [0.25, 0.3) is 0 Å². The van der Waals surface area contributed by atoms with Gasteiger partial charge in [-0.25, -0.2) is 0 Å². The van der Waals surface area contributed by atoms with E-state index in [2.05, 4.69) is 195 Å². The van der Waals surface area contributed by atoms with Crippen molar-refractivity contribution < 1.29 is 0 Å². The number of fused-ring (bicyclic) bond motifs is 11. The van der Waals surface area contributed by atoms with E-state index in [0.29, 0.717) is 0 Å². The van der Waals surface area contributed by atoms with E-state index in [-0.39, 0.29) is 5.41 Å². The predicted octanol–water partition coefficient (Wildman–Crippen LogP) is 15.0. The van der Waals surface area contributed by atoms with Gasteiger partial charge in [0.2, 0.25) is 0 Å². The molecule has 1 nitrogen and oxygen atoms in total. The lowest BCUT2D eigenvalue weighted by atomic mass is 9.82. The topological polar surface area (TPSA) is 3.24 Å². The van der Waals surface area contributed by atoms with Gasteiger partial charge in [-0.3, -0.25) is 0 Å². The third-order valence-electron chi connectivity index (χ3n) is 11.6. The smallest absolute Gasteiger partial charge is 0.0543 e. The van der Waals surface area contributed by atoms with Crippen LogP contribution in [0.15, 0.2) is 176 Å². The molecule has 0 bridgehead atoms. The molecule has 53 heavy (non-hydrogen) atoms. The van der Waals surface area contributed by atoms with Crippen LogP contribution < -0.4 is 4.90 Å². The molecule has 0 amide bonds. The van der Waals surface area contributed by atoms with Crippen LogP contribution in [0.2, 0.25) is 0 Å². The predicted molar refractivity (Wildman–Crippen MR) is 230 cm³/mol. The molecular formula is C51H35NS. The van der Waals surface area contributed by atoms with Crippen LogP contribution >= 0.6 is 11.3 Å². The first-order valence-corrected chi connectivity index (χ1v) is 19.2. The molecule has 250 valence electrons. The average Bonchev–Trinajstić information content (AvgIpc) is 3.69. The Kier molecular flexibility index (Phi) is 6.53. The summed E-state index contributed by atoms with van der Waals surface area (Å²) in [5.41, 5.74) is 11.3. The van der Waals surface area contributed by atoms with Crippen molar-refractivity contribution in [3.05, 3.63) is 187 Å². The van der Waals surface area contributed by atoms with Crippen molar-refractivity contribution >= 4 is 80.9 Å². The quantitative estimate of drug-likeness (QED) is 0.166. The van der Waals surface area contributed by atoms with Gasteiger partial charge in [0.05, 0.1) is 5.69 Å². The lowest BCUT2D eigenvalue weighted by Gasteiger charge is -2.29. The fourth-order valence-electron chi connectivity index (χ4n) is 9.11. The summed E-state index contributed by atoms with van der Waals surface area (Å²) in [6, 6.07) is 65.5. The number of thiophene rings is 1. The molecular weight excluding hydrogens is 659 g/mol. The SMILES string of the molecule is CC1(C)c2ccccc2-c2c(N(c3ccc(-c4cccc5ccc6c7ccccc7ccc6c45)cc3)c3ccc4sc5ccccc5c4c3)cccc21. The van der Waals surface area contributed by atoms with E-state index < -0.39 is 0 Å². The van der Waals surface area contributed by atoms with Crippen LogP contribution in [0.5, 0.6) is 0 Å². The fraction of sp³-hybridized carbons (Fsp3) is 0.0588. The van der Waals surface area contributed by atoms with Crippen LogP contribution in [0.3, 0.4) is 0 Å². The maximum absolute atomic E-state index is 2.48. The Morgan fingerprint density at radius 2 is 1.09 bits per heavy atom. The molecule has 0 saturated heterocycles. The molecule has 0 unspecified atom stereocenters. The number of benzene rings is 9. The Morgan fingerprint density at radius 3 is 2.00 bits per heavy atom. The Balaban J connectivity index is 1.12. The maximum Gasteiger partial charge on any atom is 0.0543 e. The number of anilines is 3. The van der Waals surface area contributed by atoms with E-state index in [9.17, 15) is 0 Å². The minimum absolute atomic E-state index is 0.0898. The minimum Gasteiger partial charge on any atom is -0.310 e. The summed E-state index contributed by atoms with van der Waals surface area (Å²) in [6.07, 6.45) is 0. The summed E-state index contributed by atoms with van der Waals surface area (Å²) < 4.78 is 2.63. The second-order valence-electron chi connectivity index (χ2n) is 14.9. The molecule has 11 rings (SSSR count). The monoisotopic (exact) mass is 693 g/mol. The molecule has 1 aromatic heterocycles. The summed E-state index contributed by atoms with van der Waals surface area (Å²) in [4.78, 5) is 2.48. The molecule has 0 fully saturated rings. The highest BCUT2D eigenvalue weighted by Gasteiger charge is 2.37. The zero-order valence-electron chi connectivity index (χ0n) is 29.6. The summed E-state index contributed by atoms with van der Waals surface area (Å²) in [5.74, 6) is 0. The van der Waals surface area contributed by atoms with Gasteiger partial charge in [-0.15, -0.1) is 11.3 Å². The number of hydrogen-bond acceptors (Lipinski definition) is 2. The van der Waals surface area contributed by atoms with Crippen molar-refractivity contribution in [2.24, 2.45) is 0 Å². The van der Waals surface area contributed by atoms with Crippen molar-refractivity contribution in [3.63, 3.8) is 0 Å². The molecule has 0 spiro atoms. The van der Waals surface area contributed by atoms with Gasteiger partial charge in [0, 0.05) is 42.5 Å². The van der Waals surface area contributed by atoms with E-state index in [0.717, 1.165) is 11.4 Å². The average molecular weight is 694 g/mol. The Hall–Kier alpha value is -6.22. The van der Waals surface area contributed by atoms with Crippen molar-refractivity contribution in [3.8, 4) is 22.3 Å². The fourth-order valence-corrected chi connectivity index (χ4v) is 10.2. The highest BCUT2D eigenvalue weighted by atomic mass is 32.1. The summed E-state index contributed by atoms with van der Waals surface area (Å²) in [5, 5.41) is 10.3. The van der Waals surface area contributed by atoms with E-state index in [1.807, 2.05) is 11.3 Å². The van der Waals surface area contributed by atoms with E-state index in [1.54, 1.807) is 0 Å². The molecule has 1 aliphatic rings. The van der Waals surface area contributed by atoms with Crippen LogP contribution in [-0.2, 0) is 5.41 Å². The van der Waals surface area contributed by atoms with Gasteiger partial charge < -0.3 is 4.90 Å². The lowest BCUT2D eigenvalue weighted by Crippen LogP contribution is -2.16. The van der Waals surface area contributed by atoms with Crippen molar-refractivity contribution in [2.45, 2.75) is 19.3 Å². The van der Waals surface area contributed by atoms with Crippen LogP contribution in [-0.4, -0.2) is 0 Å². The molecule has 0 radical (unpaired) electrons. The van der Waals surface area contributed by atoms with Crippen LogP contribution in [0.25, 0.3) is 74.7 Å². The zero-order valence-corrected chi connectivity index (χ0v) is 30.4.